The van der Waals surface area contributed by atoms with Gasteiger partial charge in [0.25, 0.3) is 0 Å². The molecule has 0 aliphatic heterocycles. The second-order valence-corrected chi connectivity index (χ2v) is 6.97. The number of benzene rings is 1. The Labute approximate surface area is 109 Å². The summed E-state index contributed by atoms with van der Waals surface area (Å²) in [6, 6.07) is 4.00. The normalized spacial score (nSPS) is 13.6. The first-order valence-electron chi connectivity index (χ1n) is 5.19. The first kappa shape index (κ1) is 14.6. The van der Waals surface area contributed by atoms with Gasteiger partial charge in [0.2, 0.25) is 0 Å². The molecule has 0 amide bonds. The second-order valence-electron chi connectivity index (χ2n) is 3.87. The molecule has 1 unspecified atom stereocenters. The zero-order chi connectivity index (χ0) is 13.1. The number of hydrogen-bond acceptors (Lipinski definition) is 3. The van der Waals surface area contributed by atoms with Gasteiger partial charge in [-0.15, -0.1) is 0 Å². The smallest absolute Gasteiger partial charge is 0.149 e. The van der Waals surface area contributed by atoms with Crippen LogP contribution in [0.2, 0.25) is 0 Å². The van der Waals surface area contributed by atoms with Crippen molar-refractivity contribution in [3.8, 4) is 0 Å². The molecule has 1 aromatic carbocycles. The van der Waals surface area contributed by atoms with Gasteiger partial charge >= 0.3 is 0 Å². The van der Waals surface area contributed by atoms with Crippen LogP contribution in [0.15, 0.2) is 22.7 Å². The molecule has 0 bridgehead atoms. The van der Waals surface area contributed by atoms with Crippen LogP contribution in [0, 0.1) is 5.82 Å². The van der Waals surface area contributed by atoms with Crippen LogP contribution in [-0.2, 0) is 9.84 Å². The van der Waals surface area contributed by atoms with Crippen molar-refractivity contribution >= 4 is 25.8 Å². The molecular formula is C11H15BrFNO2S. The first-order valence-corrected chi connectivity index (χ1v) is 8.05. The third kappa shape index (κ3) is 4.73. The van der Waals surface area contributed by atoms with E-state index in [9.17, 15) is 12.8 Å². The third-order valence-electron chi connectivity index (χ3n) is 2.25. The zero-order valence-corrected chi connectivity index (χ0v) is 12.1. The SMILES string of the molecule is CCNC(CS(C)(=O)=O)c1cc(Br)ccc1F. The van der Waals surface area contributed by atoms with E-state index in [0.717, 1.165) is 10.7 Å². The summed E-state index contributed by atoms with van der Waals surface area (Å²) in [6.07, 6.45) is 1.15. The van der Waals surface area contributed by atoms with Crippen LogP contribution in [-0.4, -0.2) is 27.0 Å². The summed E-state index contributed by atoms with van der Waals surface area (Å²) in [4.78, 5) is 0. The predicted octanol–water partition coefficient (Wildman–Crippen LogP) is 2.28. The molecule has 0 saturated heterocycles. The van der Waals surface area contributed by atoms with Crippen LogP contribution in [0.5, 0.6) is 0 Å². The Morgan fingerprint density at radius 3 is 2.65 bits per heavy atom. The molecule has 0 aliphatic carbocycles. The minimum atomic E-state index is -3.17. The average molecular weight is 324 g/mol. The van der Waals surface area contributed by atoms with E-state index in [0.29, 0.717) is 12.1 Å². The summed E-state index contributed by atoms with van der Waals surface area (Å²) in [5.74, 6) is -0.517. The van der Waals surface area contributed by atoms with Gasteiger partial charge in [0.05, 0.1) is 5.75 Å². The van der Waals surface area contributed by atoms with E-state index >= 15 is 0 Å². The van der Waals surface area contributed by atoms with Gasteiger partial charge in [0.15, 0.2) is 0 Å². The van der Waals surface area contributed by atoms with Crippen molar-refractivity contribution in [1.82, 2.24) is 5.32 Å². The van der Waals surface area contributed by atoms with E-state index in [2.05, 4.69) is 21.2 Å². The molecule has 0 aliphatic rings. The predicted molar refractivity (Wildman–Crippen MR) is 70.2 cm³/mol. The monoisotopic (exact) mass is 323 g/mol. The Kier molecular flexibility index (Phi) is 5.09. The van der Waals surface area contributed by atoms with Gasteiger partial charge in [-0.25, -0.2) is 12.8 Å². The van der Waals surface area contributed by atoms with E-state index in [1.165, 1.54) is 6.07 Å². The molecule has 1 N–H and O–H groups in total. The molecule has 0 heterocycles. The summed E-state index contributed by atoms with van der Waals surface area (Å²) >= 11 is 3.25. The molecule has 3 nitrogen and oxygen atoms in total. The highest BCUT2D eigenvalue weighted by Gasteiger charge is 2.19. The van der Waals surface area contributed by atoms with E-state index in [1.807, 2.05) is 6.92 Å². The molecule has 0 fully saturated rings. The lowest BCUT2D eigenvalue weighted by atomic mass is 10.1. The summed E-state index contributed by atoms with van der Waals surface area (Å²) < 4.78 is 37.0. The largest absolute Gasteiger partial charge is 0.309 e. The fourth-order valence-corrected chi connectivity index (χ4v) is 2.87. The van der Waals surface area contributed by atoms with Crippen molar-refractivity contribution in [3.05, 3.63) is 34.1 Å². The number of rotatable bonds is 5. The summed E-state index contributed by atoms with van der Waals surface area (Å²) in [5.41, 5.74) is 0.367. The van der Waals surface area contributed by atoms with Gasteiger partial charge in [-0.05, 0) is 24.7 Å². The number of nitrogens with one attached hydrogen (secondary N) is 1. The Bertz CT molecular complexity index is 490. The van der Waals surface area contributed by atoms with Crippen LogP contribution in [0.25, 0.3) is 0 Å². The molecule has 1 aromatic rings. The maximum absolute atomic E-state index is 13.7. The van der Waals surface area contributed by atoms with Crippen LogP contribution in [0.3, 0.4) is 0 Å². The fourth-order valence-electron chi connectivity index (χ4n) is 1.59. The van der Waals surface area contributed by atoms with Crippen LogP contribution >= 0.6 is 15.9 Å². The molecule has 0 aromatic heterocycles. The molecule has 1 rings (SSSR count). The van der Waals surface area contributed by atoms with Gasteiger partial charge < -0.3 is 5.32 Å². The van der Waals surface area contributed by atoms with E-state index < -0.39 is 21.7 Å². The Morgan fingerprint density at radius 1 is 1.47 bits per heavy atom. The second kappa shape index (κ2) is 5.93. The maximum atomic E-state index is 13.7. The van der Waals surface area contributed by atoms with Gasteiger partial charge in [-0.2, -0.15) is 0 Å². The lowest BCUT2D eigenvalue weighted by Crippen LogP contribution is -2.28. The lowest BCUT2D eigenvalue weighted by molar-refractivity contribution is 0.531. The molecule has 6 heteroatoms. The first-order chi connectivity index (χ1) is 7.83. The van der Waals surface area contributed by atoms with E-state index in [4.69, 9.17) is 0 Å². The van der Waals surface area contributed by atoms with Gasteiger partial charge in [-0.1, -0.05) is 22.9 Å². The summed E-state index contributed by atoms with van der Waals surface area (Å²) in [5, 5.41) is 2.98. The molecule has 0 spiro atoms. The number of sulfone groups is 1. The zero-order valence-electron chi connectivity index (χ0n) is 9.70. The average Bonchev–Trinajstić information content (AvgIpc) is 2.19. The fraction of sp³-hybridized carbons (Fsp3) is 0.455. The molecule has 0 saturated carbocycles. The quantitative estimate of drug-likeness (QED) is 0.904. The molecule has 0 radical (unpaired) electrons. The molecule has 17 heavy (non-hydrogen) atoms. The van der Waals surface area contributed by atoms with Crippen LogP contribution in [0.4, 0.5) is 4.39 Å². The number of halogens is 2. The minimum absolute atomic E-state index is 0.117. The third-order valence-corrected chi connectivity index (χ3v) is 3.69. The maximum Gasteiger partial charge on any atom is 0.149 e. The van der Waals surface area contributed by atoms with Crippen molar-refractivity contribution in [2.45, 2.75) is 13.0 Å². The van der Waals surface area contributed by atoms with Gasteiger partial charge in [0, 0.05) is 22.3 Å². The van der Waals surface area contributed by atoms with Gasteiger partial charge in [-0.3, -0.25) is 0 Å². The number of hydrogen-bond donors (Lipinski definition) is 1. The topological polar surface area (TPSA) is 46.2 Å². The Hall–Kier alpha value is -0.460. The summed E-state index contributed by atoms with van der Waals surface area (Å²) in [7, 11) is -3.17. The van der Waals surface area contributed by atoms with Crippen molar-refractivity contribution in [3.63, 3.8) is 0 Å². The lowest BCUT2D eigenvalue weighted by Gasteiger charge is -2.18. The van der Waals surface area contributed by atoms with E-state index in [1.54, 1.807) is 12.1 Å². The van der Waals surface area contributed by atoms with Gasteiger partial charge in [0.1, 0.15) is 15.7 Å². The molecular weight excluding hydrogens is 309 g/mol. The Balaban J connectivity index is 3.08. The minimum Gasteiger partial charge on any atom is -0.309 e. The molecule has 96 valence electrons. The highest BCUT2D eigenvalue weighted by molar-refractivity contribution is 9.10. The summed E-state index contributed by atoms with van der Waals surface area (Å²) in [6.45, 7) is 2.43. The van der Waals surface area contributed by atoms with Crippen LogP contribution in [0.1, 0.15) is 18.5 Å². The Morgan fingerprint density at radius 2 is 2.12 bits per heavy atom. The van der Waals surface area contributed by atoms with Crippen LogP contribution < -0.4 is 5.32 Å². The molecule has 1 atom stereocenters. The van der Waals surface area contributed by atoms with Crippen molar-refractivity contribution in [2.24, 2.45) is 0 Å². The van der Waals surface area contributed by atoms with Crippen molar-refractivity contribution in [2.75, 3.05) is 18.6 Å². The standard InChI is InChI=1S/C11H15BrFNO2S/c1-3-14-11(7-17(2,15)16)9-6-8(12)4-5-10(9)13/h4-6,11,14H,3,7H2,1-2H3. The highest BCUT2D eigenvalue weighted by atomic mass is 79.9. The van der Waals surface area contributed by atoms with E-state index in [-0.39, 0.29) is 5.75 Å². The van der Waals surface area contributed by atoms with Crippen molar-refractivity contribution < 1.29 is 12.8 Å². The highest BCUT2D eigenvalue weighted by Crippen LogP contribution is 2.22. The van der Waals surface area contributed by atoms with Crippen molar-refractivity contribution in [1.29, 1.82) is 0 Å².